The standard InChI is InChI=1S/C21H24BrN3O4S/c1-4-5-6-19(26)24-16-9-8-14(12-18(16)29-3)23-21(30)25-20(27)15-11-13(22)7-10-17(15)28-2/h7-12H,4-6H2,1-3H3,(H,24,26)(H2,23,25,27,30). The molecule has 2 aromatic rings. The average molecular weight is 494 g/mol. The molecular formula is C21H24BrN3O4S. The largest absolute Gasteiger partial charge is 0.496 e. The summed E-state index contributed by atoms with van der Waals surface area (Å²) in [6.07, 6.45) is 2.22. The van der Waals surface area contributed by atoms with Gasteiger partial charge in [0.25, 0.3) is 5.91 Å². The van der Waals surface area contributed by atoms with Crippen LogP contribution in [0.5, 0.6) is 11.5 Å². The summed E-state index contributed by atoms with van der Waals surface area (Å²) < 4.78 is 11.3. The zero-order chi connectivity index (χ0) is 22.1. The number of benzene rings is 2. The van der Waals surface area contributed by atoms with E-state index in [1.165, 1.54) is 14.2 Å². The lowest BCUT2D eigenvalue weighted by molar-refractivity contribution is -0.116. The van der Waals surface area contributed by atoms with E-state index < -0.39 is 5.91 Å². The van der Waals surface area contributed by atoms with Crippen LogP contribution in [0.25, 0.3) is 0 Å². The Labute approximate surface area is 189 Å². The van der Waals surface area contributed by atoms with Gasteiger partial charge in [0.2, 0.25) is 5.91 Å². The summed E-state index contributed by atoms with van der Waals surface area (Å²) in [7, 11) is 3.01. The number of hydrogen-bond acceptors (Lipinski definition) is 5. The van der Waals surface area contributed by atoms with Crippen LogP contribution in [-0.2, 0) is 4.79 Å². The number of hydrogen-bond donors (Lipinski definition) is 3. The summed E-state index contributed by atoms with van der Waals surface area (Å²) in [5.41, 5.74) is 1.52. The lowest BCUT2D eigenvalue weighted by Gasteiger charge is -2.14. The van der Waals surface area contributed by atoms with Gasteiger partial charge in [-0.2, -0.15) is 0 Å². The van der Waals surface area contributed by atoms with Crippen LogP contribution in [0.4, 0.5) is 11.4 Å². The Morgan fingerprint density at radius 1 is 1.03 bits per heavy atom. The van der Waals surface area contributed by atoms with Crippen molar-refractivity contribution in [2.24, 2.45) is 0 Å². The van der Waals surface area contributed by atoms with Crippen LogP contribution in [0.3, 0.4) is 0 Å². The third-order valence-corrected chi connectivity index (χ3v) is 4.82. The lowest BCUT2D eigenvalue weighted by Crippen LogP contribution is -2.34. The first-order valence-electron chi connectivity index (χ1n) is 9.31. The molecule has 0 unspecified atom stereocenters. The van der Waals surface area contributed by atoms with E-state index in [4.69, 9.17) is 21.7 Å². The molecule has 0 radical (unpaired) electrons. The fourth-order valence-electron chi connectivity index (χ4n) is 2.61. The zero-order valence-corrected chi connectivity index (χ0v) is 19.4. The van der Waals surface area contributed by atoms with Gasteiger partial charge in [0.05, 0.1) is 25.5 Å². The summed E-state index contributed by atoms with van der Waals surface area (Å²) in [5.74, 6) is 0.440. The zero-order valence-electron chi connectivity index (χ0n) is 17.0. The normalized spacial score (nSPS) is 10.1. The molecule has 0 bridgehead atoms. The van der Waals surface area contributed by atoms with Gasteiger partial charge >= 0.3 is 0 Å². The maximum atomic E-state index is 12.6. The van der Waals surface area contributed by atoms with Gasteiger partial charge in [0, 0.05) is 22.6 Å². The molecule has 0 aliphatic rings. The Morgan fingerprint density at radius 2 is 1.77 bits per heavy atom. The Morgan fingerprint density at radius 3 is 2.43 bits per heavy atom. The highest BCUT2D eigenvalue weighted by molar-refractivity contribution is 9.10. The number of carbonyl (C=O) groups excluding carboxylic acids is 2. The van der Waals surface area contributed by atoms with E-state index in [9.17, 15) is 9.59 Å². The van der Waals surface area contributed by atoms with Crippen molar-refractivity contribution < 1.29 is 19.1 Å². The van der Waals surface area contributed by atoms with E-state index in [0.717, 1.165) is 17.3 Å². The van der Waals surface area contributed by atoms with Crippen LogP contribution in [0, 0.1) is 0 Å². The van der Waals surface area contributed by atoms with Crippen molar-refractivity contribution in [3.05, 3.63) is 46.4 Å². The minimum Gasteiger partial charge on any atom is -0.496 e. The number of amides is 2. The first-order valence-corrected chi connectivity index (χ1v) is 10.5. The fraction of sp³-hybridized carbons (Fsp3) is 0.286. The van der Waals surface area contributed by atoms with Crippen LogP contribution in [0.15, 0.2) is 40.9 Å². The van der Waals surface area contributed by atoms with Crippen molar-refractivity contribution in [3.63, 3.8) is 0 Å². The van der Waals surface area contributed by atoms with E-state index in [0.29, 0.717) is 34.9 Å². The number of thiocarbonyl (C=S) groups is 1. The highest BCUT2D eigenvalue weighted by Gasteiger charge is 2.15. The van der Waals surface area contributed by atoms with E-state index in [1.807, 2.05) is 6.92 Å². The van der Waals surface area contributed by atoms with Gasteiger partial charge in [-0.05, 0) is 49.0 Å². The second-order valence-electron chi connectivity index (χ2n) is 6.32. The van der Waals surface area contributed by atoms with Crippen molar-refractivity contribution in [2.75, 3.05) is 24.9 Å². The lowest BCUT2D eigenvalue weighted by atomic mass is 10.2. The van der Waals surface area contributed by atoms with E-state index in [-0.39, 0.29) is 11.0 Å². The summed E-state index contributed by atoms with van der Waals surface area (Å²) in [5, 5.41) is 8.51. The topological polar surface area (TPSA) is 88.7 Å². The molecule has 0 fully saturated rings. The highest BCUT2D eigenvalue weighted by Crippen LogP contribution is 2.28. The average Bonchev–Trinajstić information content (AvgIpc) is 2.73. The molecule has 160 valence electrons. The monoisotopic (exact) mass is 493 g/mol. The van der Waals surface area contributed by atoms with Crippen molar-refractivity contribution >= 4 is 56.4 Å². The molecule has 0 spiro atoms. The SMILES string of the molecule is CCCCC(=O)Nc1ccc(NC(=S)NC(=O)c2cc(Br)ccc2OC)cc1OC. The predicted octanol–water partition coefficient (Wildman–Crippen LogP) is 4.72. The maximum Gasteiger partial charge on any atom is 0.261 e. The van der Waals surface area contributed by atoms with Crippen molar-refractivity contribution in [1.29, 1.82) is 0 Å². The van der Waals surface area contributed by atoms with Crippen molar-refractivity contribution in [2.45, 2.75) is 26.2 Å². The first-order chi connectivity index (χ1) is 14.4. The summed E-state index contributed by atoms with van der Waals surface area (Å²) >= 11 is 8.59. The molecule has 0 aromatic heterocycles. The number of ether oxygens (including phenoxy) is 2. The van der Waals surface area contributed by atoms with Crippen molar-refractivity contribution in [3.8, 4) is 11.5 Å². The van der Waals surface area contributed by atoms with Gasteiger partial charge in [-0.25, -0.2) is 0 Å². The Hall–Kier alpha value is -2.65. The quantitative estimate of drug-likeness (QED) is 0.461. The summed E-state index contributed by atoms with van der Waals surface area (Å²) in [6.45, 7) is 2.03. The molecule has 2 aromatic carbocycles. The molecule has 7 nitrogen and oxygen atoms in total. The number of unbranched alkanes of at least 4 members (excludes halogenated alkanes) is 1. The second kappa shape index (κ2) is 11.5. The molecular weight excluding hydrogens is 470 g/mol. The van der Waals surface area contributed by atoms with Gasteiger partial charge in [-0.15, -0.1) is 0 Å². The number of nitrogens with one attached hydrogen (secondary N) is 3. The third-order valence-electron chi connectivity index (χ3n) is 4.12. The van der Waals surface area contributed by atoms with Crippen LogP contribution in [-0.4, -0.2) is 31.1 Å². The van der Waals surface area contributed by atoms with Gasteiger partial charge in [0.1, 0.15) is 11.5 Å². The highest BCUT2D eigenvalue weighted by atomic mass is 79.9. The van der Waals surface area contributed by atoms with Gasteiger partial charge < -0.3 is 20.1 Å². The maximum absolute atomic E-state index is 12.6. The van der Waals surface area contributed by atoms with Crippen LogP contribution < -0.4 is 25.4 Å². The summed E-state index contributed by atoms with van der Waals surface area (Å²) in [4.78, 5) is 24.5. The van der Waals surface area contributed by atoms with E-state index in [2.05, 4.69) is 31.9 Å². The summed E-state index contributed by atoms with van der Waals surface area (Å²) in [6, 6.07) is 10.3. The van der Waals surface area contributed by atoms with Crippen LogP contribution in [0.1, 0.15) is 36.5 Å². The molecule has 3 N–H and O–H groups in total. The van der Waals surface area contributed by atoms with E-state index in [1.54, 1.807) is 36.4 Å². The first kappa shape index (κ1) is 23.6. The smallest absolute Gasteiger partial charge is 0.261 e. The van der Waals surface area contributed by atoms with E-state index >= 15 is 0 Å². The third kappa shape index (κ3) is 6.70. The Balaban J connectivity index is 2.05. The number of rotatable bonds is 8. The Bertz CT molecular complexity index is 936. The van der Waals surface area contributed by atoms with Gasteiger partial charge in [0.15, 0.2) is 5.11 Å². The molecule has 0 aliphatic heterocycles. The number of halogens is 1. The number of anilines is 2. The molecule has 0 saturated heterocycles. The predicted molar refractivity (Wildman–Crippen MR) is 126 cm³/mol. The minimum absolute atomic E-state index is 0.0680. The Kier molecular flexibility index (Phi) is 9.07. The van der Waals surface area contributed by atoms with Gasteiger partial charge in [-0.3, -0.25) is 14.9 Å². The number of carbonyl (C=O) groups is 2. The molecule has 30 heavy (non-hydrogen) atoms. The van der Waals surface area contributed by atoms with Crippen LogP contribution >= 0.6 is 28.1 Å². The second-order valence-corrected chi connectivity index (χ2v) is 7.64. The molecule has 0 saturated carbocycles. The molecule has 2 rings (SSSR count). The molecule has 2 amide bonds. The molecule has 9 heteroatoms. The minimum atomic E-state index is -0.405. The van der Waals surface area contributed by atoms with Crippen molar-refractivity contribution in [1.82, 2.24) is 5.32 Å². The fourth-order valence-corrected chi connectivity index (χ4v) is 3.18. The van der Waals surface area contributed by atoms with Gasteiger partial charge in [-0.1, -0.05) is 29.3 Å². The molecule has 0 heterocycles. The molecule has 0 atom stereocenters. The van der Waals surface area contributed by atoms with Crippen LogP contribution in [0.2, 0.25) is 0 Å². The number of methoxy groups -OCH3 is 2. The molecule has 0 aliphatic carbocycles.